The highest BCUT2D eigenvalue weighted by atomic mass is 16.5. The van der Waals surface area contributed by atoms with Crippen LogP contribution in [0.5, 0.6) is 0 Å². The molecule has 0 spiro atoms. The van der Waals surface area contributed by atoms with Crippen molar-refractivity contribution in [1.29, 1.82) is 10.8 Å². The van der Waals surface area contributed by atoms with Crippen LogP contribution in [0.15, 0.2) is 75.6 Å². The van der Waals surface area contributed by atoms with Crippen LogP contribution in [0, 0.1) is 16.7 Å². The first-order chi connectivity index (χ1) is 17.4. The first-order valence-corrected chi connectivity index (χ1v) is 12.0. The summed E-state index contributed by atoms with van der Waals surface area (Å²) < 4.78 is 10.9. The number of rotatable bonds is 12. The predicted molar refractivity (Wildman–Crippen MR) is 145 cm³/mol. The largest absolute Gasteiger partial charge is 0.404 e. The highest BCUT2D eigenvalue weighted by Gasteiger charge is 2.28. The minimum absolute atomic E-state index is 0.00329. The van der Waals surface area contributed by atoms with E-state index >= 15 is 0 Å². The van der Waals surface area contributed by atoms with Crippen LogP contribution >= 0.6 is 0 Å². The maximum atomic E-state index is 8.22. The van der Waals surface area contributed by atoms with Crippen LogP contribution in [0.4, 0.5) is 0 Å². The second-order valence-corrected chi connectivity index (χ2v) is 9.12. The SMILES string of the molecule is COC(CN=CC(=CN)C1=CNC2=CC=C(NC(=N)C=C(C=N)C(C)C)NC2=C1)CN1CC(OC)C1. The van der Waals surface area contributed by atoms with Crippen molar-refractivity contribution in [3.8, 4) is 0 Å². The molecular formula is C26H38N8O2. The Balaban J connectivity index is 1.58. The number of amidine groups is 1. The van der Waals surface area contributed by atoms with Crippen LogP contribution in [-0.4, -0.2) is 75.8 Å². The molecule has 0 aromatic carbocycles. The molecule has 0 aromatic heterocycles. The van der Waals surface area contributed by atoms with Gasteiger partial charge in [-0.1, -0.05) is 13.8 Å². The molecule has 3 aliphatic rings. The summed E-state index contributed by atoms with van der Waals surface area (Å²) in [5, 5.41) is 25.4. The standard InChI is InChI=1S/C26H38N8O2/c1-17(2)18(9-27)8-25(29)33-26-6-5-23-24(32-26)7-19(12-31-23)20(10-28)11-30-13-21(35-3)14-34-15-22(16-34)36-4/h5-12,17,21-22,27,31-32H,13-16,28H2,1-4H3,(H2,29,33). The zero-order valence-corrected chi connectivity index (χ0v) is 21.5. The number of nitrogens with one attached hydrogen (secondary N) is 5. The van der Waals surface area contributed by atoms with Gasteiger partial charge in [0.2, 0.25) is 0 Å². The third-order valence-corrected chi connectivity index (χ3v) is 6.18. The van der Waals surface area contributed by atoms with E-state index in [1.54, 1.807) is 26.5 Å². The minimum Gasteiger partial charge on any atom is -0.404 e. The van der Waals surface area contributed by atoms with E-state index in [1.807, 2.05) is 38.3 Å². The lowest BCUT2D eigenvalue weighted by Gasteiger charge is -2.39. The van der Waals surface area contributed by atoms with Gasteiger partial charge < -0.3 is 36.6 Å². The number of nitrogens with zero attached hydrogens (tertiary/aromatic N) is 2. The number of fused-ring (bicyclic) bond motifs is 1. The van der Waals surface area contributed by atoms with E-state index < -0.39 is 0 Å². The van der Waals surface area contributed by atoms with Gasteiger partial charge >= 0.3 is 0 Å². The van der Waals surface area contributed by atoms with Crippen molar-refractivity contribution in [2.24, 2.45) is 16.6 Å². The molecule has 10 heteroatoms. The second kappa shape index (κ2) is 13.0. The van der Waals surface area contributed by atoms with Crippen LogP contribution in [0.3, 0.4) is 0 Å². The molecule has 0 amide bonds. The van der Waals surface area contributed by atoms with Crippen molar-refractivity contribution in [2.75, 3.05) is 40.4 Å². The zero-order chi connectivity index (χ0) is 26.1. The molecule has 0 radical (unpaired) electrons. The number of likely N-dealkylation sites (tertiary alicyclic amines) is 1. The molecule has 0 saturated carbocycles. The fourth-order valence-electron chi connectivity index (χ4n) is 3.86. The summed E-state index contributed by atoms with van der Waals surface area (Å²) in [7, 11) is 3.45. The summed E-state index contributed by atoms with van der Waals surface area (Å²) in [5.74, 6) is 1.04. The summed E-state index contributed by atoms with van der Waals surface area (Å²) >= 11 is 0. The summed E-state index contributed by atoms with van der Waals surface area (Å²) in [6.07, 6.45) is 14.2. The van der Waals surface area contributed by atoms with E-state index in [9.17, 15) is 0 Å². The number of hydrogen-bond acceptors (Lipinski definition) is 9. The van der Waals surface area contributed by atoms with Crippen LogP contribution in [0.2, 0.25) is 0 Å². The highest BCUT2D eigenvalue weighted by molar-refractivity contribution is 5.97. The van der Waals surface area contributed by atoms with Gasteiger partial charge in [-0.2, -0.15) is 0 Å². The molecule has 0 bridgehead atoms. The maximum Gasteiger partial charge on any atom is 0.123 e. The Kier molecular flexibility index (Phi) is 9.80. The van der Waals surface area contributed by atoms with Gasteiger partial charge in [0.25, 0.3) is 0 Å². The fraction of sp³-hybridized carbons (Fsp3) is 0.423. The summed E-state index contributed by atoms with van der Waals surface area (Å²) in [4.78, 5) is 6.88. The van der Waals surface area contributed by atoms with Crippen LogP contribution in [0.25, 0.3) is 0 Å². The lowest BCUT2D eigenvalue weighted by molar-refractivity contribution is -0.0505. The van der Waals surface area contributed by atoms with Gasteiger partial charge in [0.15, 0.2) is 0 Å². The first-order valence-electron chi connectivity index (χ1n) is 12.0. The Bertz CT molecular complexity index is 1040. The van der Waals surface area contributed by atoms with Gasteiger partial charge in [0.05, 0.1) is 30.1 Å². The number of allylic oxidation sites excluding steroid dienone is 6. The minimum atomic E-state index is -0.00329. The van der Waals surface area contributed by atoms with Gasteiger partial charge in [-0.05, 0) is 35.8 Å². The average Bonchev–Trinajstić information content (AvgIpc) is 2.85. The molecule has 0 aliphatic carbocycles. The van der Waals surface area contributed by atoms with Crippen molar-refractivity contribution < 1.29 is 9.47 Å². The normalized spacial score (nSPS) is 19.8. The van der Waals surface area contributed by atoms with Crippen LogP contribution in [-0.2, 0) is 9.47 Å². The quantitative estimate of drug-likeness (QED) is 0.179. The van der Waals surface area contributed by atoms with Crippen molar-refractivity contribution >= 4 is 18.3 Å². The van der Waals surface area contributed by atoms with Gasteiger partial charge in [-0.25, -0.2) is 0 Å². The summed E-state index contributed by atoms with van der Waals surface area (Å²) in [6, 6.07) is 0. The predicted octanol–water partition coefficient (Wildman–Crippen LogP) is 1.74. The van der Waals surface area contributed by atoms with Crippen LogP contribution in [0.1, 0.15) is 13.8 Å². The molecule has 36 heavy (non-hydrogen) atoms. The molecule has 1 atom stereocenters. The van der Waals surface area contributed by atoms with Crippen molar-refractivity contribution in [3.63, 3.8) is 0 Å². The molecule has 3 heterocycles. The smallest absolute Gasteiger partial charge is 0.123 e. The van der Waals surface area contributed by atoms with E-state index in [4.69, 9.17) is 26.0 Å². The molecule has 10 nitrogen and oxygen atoms in total. The molecule has 7 N–H and O–H groups in total. The van der Waals surface area contributed by atoms with E-state index in [1.165, 1.54) is 12.4 Å². The second-order valence-electron chi connectivity index (χ2n) is 9.12. The molecule has 194 valence electrons. The number of methoxy groups -OCH3 is 2. The van der Waals surface area contributed by atoms with E-state index in [0.29, 0.717) is 18.5 Å². The molecule has 3 aliphatic heterocycles. The van der Waals surface area contributed by atoms with Gasteiger partial charge in [-0.3, -0.25) is 15.3 Å². The zero-order valence-electron chi connectivity index (χ0n) is 21.5. The lowest BCUT2D eigenvalue weighted by atomic mass is 10.0. The number of dihydropyridines is 2. The Labute approximate surface area is 213 Å². The Hall–Kier alpha value is -3.47. The van der Waals surface area contributed by atoms with Crippen molar-refractivity contribution in [1.82, 2.24) is 20.9 Å². The molecule has 3 rings (SSSR count). The molecular weight excluding hydrogens is 456 g/mol. The van der Waals surface area contributed by atoms with E-state index in [0.717, 1.165) is 47.7 Å². The Morgan fingerprint density at radius 1 is 1.31 bits per heavy atom. The lowest BCUT2D eigenvalue weighted by Crippen LogP contribution is -2.54. The maximum absolute atomic E-state index is 8.22. The third kappa shape index (κ3) is 7.27. The monoisotopic (exact) mass is 494 g/mol. The van der Waals surface area contributed by atoms with Crippen molar-refractivity contribution in [3.05, 3.63) is 70.6 Å². The third-order valence-electron chi connectivity index (χ3n) is 6.18. The molecule has 1 unspecified atom stereocenters. The average molecular weight is 495 g/mol. The molecule has 1 fully saturated rings. The number of hydrogen-bond donors (Lipinski definition) is 6. The Morgan fingerprint density at radius 3 is 2.72 bits per heavy atom. The topological polar surface area (TPSA) is 144 Å². The van der Waals surface area contributed by atoms with Gasteiger partial charge in [0.1, 0.15) is 11.7 Å². The summed E-state index contributed by atoms with van der Waals surface area (Å²) in [5.41, 5.74) is 10.1. The van der Waals surface area contributed by atoms with Crippen LogP contribution < -0.4 is 21.7 Å². The number of nitrogens with two attached hydrogens (primary N) is 1. The Morgan fingerprint density at radius 2 is 2.08 bits per heavy atom. The van der Waals surface area contributed by atoms with Gasteiger partial charge in [-0.15, -0.1) is 0 Å². The number of ether oxygens (including phenoxy) is 2. The van der Waals surface area contributed by atoms with Gasteiger partial charge in [0, 0.05) is 69.8 Å². The summed E-state index contributed by atoms with van der Waals surface area (Å²) in [6.45, 7) is 7.18. The van der Waals surface area contributed by atoms with E-state index in [2.05, 4.69) is 25.8 Å². The fourth-order valence-corrected chi connectivity index (χ4v) is 3.86. The van der Waals surface area contributed by atoms with E-state index in [-0.39, 0.29) is 17.9 Å². The first kappa shape index (κ1) is 27.1. The molecule has 1 saturated heterocycles. The van der Waals surface area contributed by atoms with Crippen molar-refractivity contribution in [2.45, 2.75) is 26.1 Å². The highest BCUT2D eigenvalue weighted by Crippen LogP contribution is 2.22. The molecule has 0 aromatic rings. The number of aliphatic imine (C=N–C) groups is 1.